The Morgan fingerprint density at radius 2 is 1.32 bits per heavy atom. The molecule has 0 saturated heterocycles. The van der Waals surface area contributed by atoms with Gasteiger partial charge in [-0.1, -0.05) is 100 Å². The van der Waals surface area contributed by atoms with E-state index >= 15 is 0 Å². The van der Waals surface area contributed by atoms with Crippen molar-refractivity contribution in [2.45, 2.75) is 70.9 Å². The molecule has 0 spiro atoms. The van der Waals surface area contributed by atoms with Crippen molar-refractivity contribution in [1.29, 1.82) is 0 Å². The van der Waals surface area contributed by atoms with Crippen LogP contribution in [0.3, 0.4) is 0 Å². The van der Waals surface area contributed by atoms with Crippen molar-refractivity contribution in [1.82, 2.24) is 0 Å². The van der Waals surface area contributed by atoms with E-state index in [1.54, 1.807) is 5.56 Å². The highest BCUT2D eigenvalue weighted by Crippen LogP contribution is 2.65. The molecule has 3 aliphatic rings. The third kappa shape index (κ3) is 3.13. The molecule has 0 aromatic heterocycles. The van der Waals surface area contributed by atoms with Crippen LogP contribution in [0.2, 0.25) is 0 Å². The van der Waals surface area contributed by atoms with Crippen LogP contribution < -0.4 is 9.80 Å². The van der Waals surface area contributed by atoms with Crippen LogP contribution in [0.1, 0.15) is 70.4 Å². The Hall–Kier alpha value is -3.52. The predicted molar refractivity (Wildman–Crippen MR) is 161 cm³/mol. The fraction of sp³-hybridized carbons (Fsp3) is 0.333. The molecule has 0 radical (unpaired) electrons. The summed E-state index contributed by atoms with van der Waals surface area (Å²) in [4.78, 5) is 5.43. The highest BCUT2D eigenvalue weighted by atomic mass is 15.4. The monoisotopic (exact) mass is 498 g/mol. The Bertz CT molecular complexity index is 1500. The van der Waals surface area contributed by atoms with Gasteiger partial charge in [-0.3, -0.25) is 0 Å². The van der Waals surface area contributed by atoms with E-state index in [-0.39, 0.29) is 17.0 Å². The number of rotatable bonds is 4. The molecule has 7 rings (SSSR count). The van der Waals surface area contributed by atoms with Crippen molar-refractivity contribution in [3.63, 3.8) is 0 Å². The third-order valence-electron chi connectivity index (χ3n) is 10.1. The molecular formula is C36H38N2. The summed E-state index contributed by atoms with van der Waals surface area (Å²) in [5, 5.41) is 0. The lowest BCUT2D eigenvalue weighted by Crippen LogP contribution is -2.58. The molecule has 0 saturated carbocycles. The number of hydrogen-bond acceptors (Lipinski definition) is 2. The third-order valence-corrected chi connectivity index (χ3v) is 10.1. The molecule has 0 N–H and O–H groups in total. The number of fused-ring (bicyclic) bond motifs is 7. The molecule has 2 nitrogen and oxygen atoms in total. The average molecular weight is 499 g/mol. The molecule has 192 valence electrons. The van der Waals surface area contributed by atoms with Crippen LogP contribution in [0.15, 0.2) is 97.1 Å². The summed E-state index contributed by atoms with van der Waals surface area (Å²) in [6, 6.07) is 36.5. The first-order valence-electron chi connectivity index (χ1n) is 14.5. The Kier molecular flexibility index (Phi) is 5.27. The van der Waals surface area contributed by atoms with Gasteiger partial charge in [-0.15, -0.1) is 0 Å². The van der Waals surface area contributed by atoms with Gasteiger partial charge in [0.25, 0.3) is 0 Å². The summed E-state index contributed by atoms with van der Waals surface area (Å²) in [7, 11) is 0. The molecule has 3 atom stereocenters. The quantitative estimate of drug-likeness (QED) is 0.276. The zero-order valence-corrected chi connectivity index (χ0v) is 23.1. The molecule has 0 fully saturated rings. The van der Waals surface area contributed by atoms with Gasteiger partial charge >= 0.3 is 0 Å². The average Bonchev–Trinajstić information content (AvgIpc) is 3.31. The first kappa shape index (κ1) is 23.6. The van der Waals surface area contributed by atoms with Crippen molar-refractivity contribution in [2.24, 2.45) is 5.41 Å². The maximum Gasteiger partial charge on any atom is 0.117 e. The van der Waals surface area contributed by atoms with Crippen molar-refractivity contribution in [3.05, 3.63) is 108 Å². The van der Waals surface area contributed by atoms with E-state index in [0.717, 1.165) is 6.42 Å². The van der Waals surface area contributed by atoms with Crippen LogP contribution >= 0.6 is 0 Å². The van der Waals surface area contributed by atoms with E-state index in [9.17, 15) is 0 Å². The maximum atomic E-state index is 2.72. The van der Waals surface area contributed by atoms with Crippen LogP contribution in [0, 0.1) is 5.41 Å². The second-order valence-electron chi connectivity index (χ2n) is 12.2. The lowest BCUT2D eigenvalue weighted by molar-refractivity contribution is 0.119. The van der Waals surface area contributed by atoms with E-state index in [1.165, 1.54) is 58.7 Å². The van der Waals surface area contributed by atoms with Crippen molar-refractivity contribution in [3.8, 4) is 11.1 Å². The molecule has 38 heavy (non-hydrogen) atoms. The summed E-state index contributed by atoms with van der Waals surface area (Å²) >= 11 is 0. The van der Waals surface area contributed by atoms with Crippen LogP contribution in [0.4, 0.5) is 22.7 Å². The minimum absolute atomic E-state index is 0.126. The van der Waals surface area contributed by atoms with Gasteiger partial charge < -0.3 is 9.80 Å². The van der Waals surface area contributed by atoms with Crippen LogP contribution in [-0.2, 0) is 5.41 Å². The molecule has 1 aliphatic carbocycles. The van der Waals surface area contributed by atoms with E-state index < -0.39 is 0 Å². The molecule has 4 aromatic carbocycles. The number of benzene rings is 4. The fourth-order valence-electron chi connectivity index (χ4n) is 8.02. The van der Waals surface area contributed by atoms with E-state index in [0.29, 0.717) is 5.92 Å². The second-order valence-corrected chi connectivity index (χ2v) is 12.2. The Morgan fingerprint density at radius 3 is 2.00 bits per heavy atom. The SMILES string of the molecule is CCC1c2cc3ccc2N2c4ccccc4N(c4ccccc4-c4ccccc4)C2C1(CC)CCC3(C)C. The smallest absolute Gasteiger partial charge is 0.117 e. The summed E-state index contributed by atoms with van der Waals surface area (Å²) in [5.74, 6) is 0.528. The van der Waals surface area contributed by atoms with Gasteiger partial charge in [0.05, 0.1) is 17.1 Å². The van der Waals surface area contributed by atoms with E-state index in [4.69, 9.17) is 0 Å². The number of para-hydroxylation sites is 3. The van der Waals surface area contributed by atoms with Gasteiger partial charge in [-0.25, -0.2) is 0 Å². The molecule has 0 amide bonds. The molecule has 3 unspecified atom stereocenters. The summed E-state index contributed by atoms with van der Waals surface area (Å²) in [5.41, 5.74) is 11.3. The summed E-state index contributed by atoms with van der Waals surface area (Å²) < 4.78 is 0. The summed E-state index contributed by atoms with van der Waals surface area (Å²) in [6.07, 6.45) is 4.97. The summed E-state index contributed by atoms with van der Waals surface area (Å²) in [6.45, 7) is 9.76. The topological polar surface area (TPSA) is 6.48 Å². The standard InChI is InChI=1S/C36H38N2/c1-5-29-28-24-26-20-21-31(28)38-33-19-13-12-18-32(33)37(34(38)36(29,6-2)23-22-35(26,3)4)30-17-11-10-16-27(30)25-14-8-7-9-15-25/h7-21,24,29,34H,5-6,22-23H2,1-4H3. The van der Waals surface area contributed by atoms with Crippen LogP contribution in [0.5, 0.6) is 0 Å². The van der Waals surface area contributed by atoms with Gasteiger partial charge in [-0.05, 0) is 78.0 Å². The van der Waals surface area contributed by atoms with E-state index in [1.807, 2.05) is 0 Å². The molecule has 2 aliphatic heterocycles. The zero-order chi connectivity index (χ0) is 26.1. The van der Waals surface area contributed by atoms with Gasteiger partial charge in [0.15, 0.2) is 0 Å². The second kappa shape index (κ2) is 8.50. The zero-order valence-electron chi connectivity index (χ0n) is 23.1. The lowest BCUT2D eigenvalue weighted by atomic mass is 9.57. The Labute approximate surface area is 227 Å². The van der Waals surface area contributed by atoms with Crippen LogP contribution in [-0.4, -0.2) is 6.17 Å². The largest absolute Gasteiger partial charge is 0.317 e. The van der Waals surface area contributed by atoms with Gasteiger partial charge in [0.2, 0.25) is 0 Å². The van der Waals surface area contributed by atoms with Gasteiger partial charge in [-0.2, -0.15) is 0 Å². The fourth-order valence-corrected chi connectivity index (χ4v) is 8.02. The molecule has 3 bridgehead atoms. The molecule has 2 heterocycles. The Morgan fingerprint density at radius 1 is 0.684 bits per heavy atom. The number of hydrogen-bond donors (Lipinski definition) is 0. The first-order valence-corrected chi connectivity index (χ1v) is 14.5. The first-order chi connectivity index (χ1) is 18.5. The van der Waals surface area contributed by atoms with Crippen molar-refractivity contribution in [2.75, 3.05) is 9.80 Å². The van der Waals surface area contributed by atoms with Crippen LogP contribution in [0.25, 0.3) is 11.1 Å². The normalized spacial score (nSPS) is 24.5. The number of anilines is 4. The minimum atomic E-state index is 0.126. The highest BCUT2D eigenvalue weighted by Gasteiger charge is 2.58. The molecule has 2 heteroatoms. The Balaban J connectivity index is 1.55. The lowest BCUT2D eigenvalue weighted by Gasteiger charge is -2.57. The van der Waals surface area contributed by atoms with Crippen molar-refractivity contribution < 1.29 is 0 Å². The van der Waals surface area contributed by atoms with Crippen molar-refractivity contribution >= 4 is 22.7 Å². The molecule has 4 aromatic rings. The van der Waals surface area contributed by atoms with Gasteiger partial charge in [0.1, 0.15) is 6.17 Å². The minimum Gasteiger partial charge on any atom is -0.317 e. The maximum absolute atomic E-state index is 2.72. The molecular weight excluding hydrogens is 460 g/mol. The van der Waals surface area contributed by atoms with Gasteiger partial charge in [0, 0.05) is 16.7 Å². The predicted octanol–water partition coefficient (Wildman–Crippen LogP) is 9.94. The van der Waals surface area contributed by atoms with E-state index in [2.05, 4.69) is 135 Å². The highest BCUT2D eigenvalue weighted by molar-refractivity contribution is 5.94. The number of nitrogens with zero attached hydrogens (tertiary/aromatic N) is 2.